The summed E-state index contributed by atoms with van der Waals surface area (Å²) in [5.41, 5.74) is 1.61. The van der Waals surface area contributed by atoms with Gasteiger partial charge in [-0.3, -0.25) is 18.8 Å². The van der Waals surface area contributed by atoms with Gasteiger partial charge in [-0.2, -0.15) is 5.10 Å². The molecular weight excluding hydrogens is 366 g/mol. The third-order valence-electron chi connectivity index (χ3n) is 4.85. The van der Waals surface area contributed by atoms with Crippen molar-refractivity contribution < 1.29 is 13.6 Å². The van der Waals surface area contributed by atoms with Crippen LogP contribution in [0.25, 0.3) is 11.0 Å². The van der Waals surface area contributed by atoms with Gasteiger partial charge in [0.2, 0.25) is 5.91 Å². The third-order valence-corrected chi connectivity index (χ3v) is 4.85. The molecule has 1 amide bonds. The predicted molar refractivity (Wildman–Crippen MR) is 104 cm³/mol. The van der Waals surface area contributed by atoms with Crippen molar-refractivity contribution in [2.45, 2.75) is 39.7 Å². The summed E-state index contributed by atoms with van der Waals surface area (Å²) in [4.78, 5) is 24.6. The number of nitrogens with zero attached hydrogens (tertiary/aromatic N) is 3. The molecule has 0 spiro atoms. The van der Waals surface area contributed by atoms with Crippen molar-refractivity contribution in [3.05, 3.63) is 57.5 Å². The number of hydrogen-bond acceptors (Lipinski definition) is 3. The van der Waals surface area contributed by atoms with E-state index in [9.17, 15) is 18.4 Å². The number of pyridine rings is 1. The number of aromatic nitrogens is 3. The van der Waals surface area contributed by atoms with Crippen molar-refractivity contribution in [3.8, 4) is 0 Å². The molecule has 0 fully saturated rings. The summed E-state index contributed by atoms with van der Waals surface area (Å²) in [6.07, 6.45) is -1.85. The fraction of sp³-hybridized carbons (Fsp3) is 0.350. The smallest absolute Gasteiger partial charge is 0.264 e. The quantitative estimate of drug-likeness (QED) is 0.702. The number of benzene rings is 1. The highest BCUT2D eigenvalue weighted by Crippen LogP contribution is 2.28. The summed E-state index contributed by atoms with van der Waals surface area (Å²) < 4.78 is 29.5. The van der Waals surface area contributed by atoms with E-state index in [0.717, 1.165) is 18.1 Å². The summed E-state index contributed by atoms with van der Waals surface area (Å²) in [7, 11) is 1.63. The zero-order valence-corrected chi connectivity index (χ0v) is 16.0. The third kappa shape index (κ3) is 3.81. The number of halogens is 2. The number of aryl methyl sites for hydroxylation is 4. The standard InChI is InChI=1S/C20H22F2N4O2/c1-4-13-5-7-14(8-6-13)23-16(27)9-10-26-17(28)11-15(19(21)22)18-12(2)25(3)24-20(18)26/h5-8,11,19H,4,9-10H2,1-3H3,(H,23,27). The van der Waals surface area contributed by atoms with Crippen LogP contribution in [-0.2, 0) is 24.8 Å². The van der Waals surface area contributed by atoms with E-state index >= 15 is 0 Å². The van der Waals surface area contributed by atoms with Gasteiger partial charge in [0, 0.05) is 48.4 Å². The Balaban J connectivity index is 1.83. The minimum absolute atomic E-state index is 0.0220. The molecule has 0 bridgehead atoms. The van der Waals surface area contributed by atoms with Crippen LogP contribution in [-0.4, -0.2) is 20.3 Å². The molecule has 8 heteroatoms. The molecule has 0 atom stereocenters. The fourth-order valence-corrected chi connectivity index (χ4v) is 3.15. The second-order valence-corrected chi connectivity index (χ2v) is 6.65. The molecule has 148 valence electrons. The monoisotopic (exact) mass is 388 g/mol. The van der Waals surface area contributed by atoms with E-state index < -0.39 is 12.0 Å². The summed E-state index contributed by atoms with van der Waals surface area (Å²) in [6, 6.07) is 8.44. The SMILES string of the molecule is CCc1ccc(NC(=O)CCn2c(=O)cc(C(F)F)c3c(C)n(C)nc32)cc1. The highest BCUT2D eigenvalue weighted by atomic mass is 19.3. The van der Waals surface area contributed by atoms with E-state index in [1.807, 2.05) is 31.2 Å². The van der Waals surface area contributed by atoms with Gasteiger partial charge in [0.1, 0.15) is 0 Å². The van der Waals surface area contributed by atoms with E-state index in [-0.39, 0.29) is 35.5 Å². The van der Waals surface area contributed by atoms with Crippen LogP contribution >= 0.6 is 0 Å². The van der Waals surface area contributed by atoms with Gasteiger partial charge in [0.15, 0.2) is 5.65 Å². The number of rotatable bonds is 6. The Kier molecular flexibility index (Phi) is 5.58. The molecule has 2 heterocycles. The summed E-state index contributed by atoms with van der Waals surface area (Å²) >= 11 is 0. The maximum atomic E-state index is 13.4. The van der Waals surface area contributed by atoms with Gasteiger partial charge in [-0.15, -0.1) is 0 Å². The van der Waals surface area contributed by atoms with Crippen molar-refractivity contribution in [3.63, 3.8) is 0 Å². The minimum atomic E-state index is -2.78. The molecule has 3 aromatic rings. The Bertz CT molecular complexity index is 1070. The van der Waals surface area contributed by atoms with Crippen LogP contribution in [0, 0.1) is 6.92 Å². The largest absolute Gasteiger partial charge is 0.326 e. The van der Waals surface area contributed by atoms with Crippen LogP contribution in [0.4, 0.5) is 14.5 Å². The van der Waals surface area contributed by atoms with Gasteiger partial charge in [0.05, 0.1) is 0 Å². The van der Waals surface area contributed by atoms with Crippen LogP contribution in [0.2, 0.25) is 0 Å². The number of nitrogens with one attached hydrogen (secondary N) is 1. The van der Waals surface area contributed by atoms with Gasteiger partial charge >= 0.3 is 0 Å². The number of anilines is 1. The van der Waals surface area contributed by atoms with E-state index in [2.05, 4.69) is 10.4 Å². The van der Waals surface area contributed by atoms with Crippen LogP contribution in [0.3, 0.4) is 0 Å². The van der Waals surface area contributed by atoms with Gasteiger partial charge in [-0.05, 0) is 31.0 Å². The van der Waals surface area contributed by atoms with Crippen LogP contribution in [0.5, 0.6) is 0 Å². The van der Waals surface area contributed by atoms with Gasteiger partial charge in [-0.1, -0.05) is 19.1 Å². The first-order valence-corrected chi connectivity index (χ1v) is 9.05. The maximum absolute atomic E-state index is 13.4. The molecule has 0 aliphatic rings. The molecule has 0 saturated carbocycles. The van der Waals surface area contributed by atoms with E-state index in [1.165, 1.54) is 9.25 Å². The van der Waals surface area contributed by atoms with Gasteiger partial charge < -0.3 is 5.32 Å². The predicted octanol–water partition coefficient (Wildman–Crippen LogP) is 3.57. The topological polar surface area (TPSA) is 68.9 Å². The van der Waals surface area contributed by atoms with Crippen molar-refractivity contribution in [1.82, 2.24) is 14.3 Å². The number of amides is 1. The molecule has 0 saturated heterocycles. The van der Waals surface area contributed by atoms with Gasteiger partial charge in [0.25, 0.3) is 12.0 Å². The lowest BCUT2D eigenvalue weighted by Gasteiger charge is -2.10. The Morgan fingerprint density at radius 2 is 1.93 bits per heavy atom. The van der Waals surface area contributed by atoms with Gasteiger partial charge in [-0.25, -0.2) is 8.78 Å². The van der Waals surface area contributed by atoms with Crippen molar-refractivity contribution in [2.24, 2.45) is 7.05 Å². The Labute approximate surface area is 160 Å². The number of hydrogen-bond donors (Lipinski definition) is 1. The first kappa shape index (κ1) is 19.7. The van der Waals surface area contributed by atoms with Crippen LogP contribution in [0.1, 0.15) is 36.6 Å². The number of alkyl halides is 2. The molecule has 0 aliphatic carbocycles. The molecule has 3 rings (SSSR count). The summed E-state index contributed by atoms with van der Waals surface area (Å²) in [6.45, 7) is 3.77. The molecule has 2 aromatic heterocycles. The zero-order valence-electron chi connectivity index (χ0n) is 16.0. The summed E-state index contributed by atoms with van der Waals surface area (Å²) in [5, 5.41) is 7.25. The van der Waals surface area contributed by atoms with E-state index in [0.29, 0.717) is 11.4 Å². The maximum Gasteiger partial charge on any atom is 0.264 e. The van der Waals surface area contributed by atoms with E-state index in [4.69, 9.17) is 0 Å². The molecule has 0 aliphatic heterocycles. The first-order valence-electron chi connectivity index (χ1n) is 9.05. The molecule has 0 radical (unpaired) electrons. The normalized spacial score (nSPS) is 11.4. The van der Waals surface area contributed by atoms with Crippen molar-refractivity contribution >= 4 is 22.6 Å². The average molecular weight is 388 g/mol. The molecule has 6 nitrogen and oxygen atoms in total. The first-order chi connectivity index (χ1) is 13.3. The highest BCUT2D eigenvalue weighted by molar-refractivity contribution is 5.90. The van der Waals surface area contributed by atoms with E-state index in [1.54, 1.807) is 14.0 Å². The van der Waals surface area contributed by atoms with Crippen LogP contribution < -0.4 is 10.9 Å². The summed E-state index contributed by atoms with van der Waals surface area (Å²) in [5.74, 6) is -0.269. The molecular formula is C20H22F2N4O2. The number of carbonyl (C=O) groups is 1. The average Bonchev–Trinajstić information content (AvgIpc) is 2.95. The highest BCUT2D eigenvalue weighted by Gasteiger charge is 2.21. The molecule has 28 heavy (non-hydrogen) atoms. The molecule has 1 aromatic carbocycles. The number of carbonyl (C=O) groups excluding carboxylic acids is 1. The Morgan fingerprint density at radius 1 is 1.25 bits per heavy atom. The van der Waals surface area contributed by atoms with Crippen LogP contribution in [0.15, 0.2) is 35.1 Å². The second-order valence-electron chi connectivity index (χ2n) is 6.65. The Morgan fingerprint density at radius 3 is 2.54 bits per heavy atom. The molecule has 1 N–H and O–H groups in total. The second kappa shape index (κ2) is 7.92. The minimum Gasteiger partial charge on any atom is -0.326 e. The van der Waals surface area contributed by atoms with Crippen molar-refractivity contribution in [2.75, 3.05) is 5.32 Å². The lowest BCUT2D eigenvalue weighted by atomic mass is 10.1. The number of fused-ring (bicyclic) bond motifs is 1. The zero-order chi connectivity index (χ0) is 20.4. The lowest BCUT2D eigenvalue weighted by Crippen LogP contribution is -2.24. The fourth-order valence-electron chi connectivity index (χ4n) is 3.15. The Hall–Kier alpha value is -3.03. The lowest BCUT2D eigenvalue weighted by molar-refractivity contribution is -0.116. The molecule has 0 unspecified atom stereocenters. The van der Waals surface area contributed by atoms with Crippen molar-refractivity contribution in [1.29, 1.82) is 0 Å².